The number of fused-ring (bicyclic) bond motifs is 3. The van der Waals surface area contributed by atoms with E-state index in [9.17, 15) is 9.59 Å². The number of aromatic nitrogens is 1. The van der Waals surface area contributed by atoms with Gasteiger partial charge in [-0.25, -0.2) is 0 Å². The number of imide groups is 1. The molecule has 1 aliphatic heterocycles. The second-order valence-corrected chi connectivity index (χ2v) is 6.63. The van der Waals surface area contributed by atoms with Crippen LogP contribution in [0.25, 0.3) is 22.0 Å². The predicted octanol–water partition coefficient (Wildman–Crippen LogP) is 3.88. The molecular formula is C20H17ClN2O3. The van der Waals surface area contributed by atoms with Gasteiger partial charge < -0.3 is 9.30 Å². The fourth-order valence-corrected chi connectivity index (χ4v) is 3.74. The van der Waals surface area contributed by atoms with Crippen LogP contribution >= 0.6 is 11.6 Å². The molecule has 1 aliphatic rings. The fraction of sp³-hybridized carbons (Fsp3) is 0.200. The van der Waals surface area contributed by atoms with Crippen LogP contribution in [0.2, 0.25) is 5.02 Å². The molecule has 132 valence electrons. The second kappa shape index (κ2) is 6.59. The van der Waals surface area contributed by atoms with E-state index in [2.05, 4.69) is 9.88 Å². The van der Waals surface area contributed by atoms with E-state index in [1.54, 1.807) is 13.2 Å². The number of methoxy groups -OCH3 is 1. The van der Waals surface area contributed by atoms with Gasteiger partial charge in [0, 0.05) is 47.9 Å². The van der Waals surface area contributed by atoms with Crippen molar-refractivity contribution in [1.29, 1.82) is 0 Å². The van der Waals surface area contributed by atoms with Crippen molar-refractivity contribution in [3.05, 3.63) is 58.7 Å². The maximum atomic E-state index is 12.4. The highest BCUT2D eigenvalue weighted by molar-refractivity contribution is 6.35. The van der Waals surface area contributed by atoms with Crippen LogP contribution in [0.15, 0.2) is 42.6 Å². The van der Waals surface area contributed by atoms with E-state index < -0.39 is 0 Å². The molecule has 0 aliphatic carbocycles. The van der Waals surface area contributed by atoms with Crippen molar-refractivity contribution >= 4 is 34.3 Å². The average Bonchev–Trinajstić information content (AvgIpc) is 3.16. The normalized spacial score (nSPS) is 13.3. The second-order valence-electron chi connectivity index (χ2n) is 6.23. The van der Waals surface area contributed by atoms with Gasteiger partial charge in [0.2, 0.25) is 0 Å². The predicted molar refractivity (Wildman–Crippen MR) is 101 cm³/mol. The van der Waals surface area contributed by atoms with Gasteiger partial charge in [-0.2, -0.15) is 0 Å². The zero-order valence-electron chi connectivity index (χ0n) is 14.2. The Labute approximate surface area is 155 Å². The molecule has 2 amide bonds. The summed E-state index contributed by atoms with van der Waals surface area (Å²) < 4.78 is 7.20. The van der Waals surface area contributed by atoms with Gasteiger partial charge >= 0.3 is 0 Å². The fourth-order valence-electron chi connectivity index (χ4n) is 3.50. The van der Waals surface area contributed by atoms with Crippen molar-refractivity contribution in [1.82, 2.24) is 9.88 Å². The van der Waals surface area contributed by atoms with E-state index in [4.69, 9.17) is 16.3 Å². The first-order chi connectivity index (χ1) is 12.6. The van der Waals surface area contributed by atoms with Crippen molar-refractivity contribution in [2.75, 3.05) is 13.7 Å². The SMILES string of the molecule is COCCCn1ccc2c3c(c(-c4ccccc4Cl)cc21)C(=O)NC3=O. The molecule has 0 fully saturated rings. The quantitative estimate of drug-likeness (QED) is 0.549. The lowest BCUT2D eigenvalue weighted by Crippen LogP contribution is -2.20. The molecule has 0 unspecified atom stereocenters. The summed E-state index contributed by atoms with van der Waals surface area (Å²) in [5.41, 5.74) is 3.13. The molecule has 4 rings (SSSR count). The zero-order valence-corrected chi connectivity index (χ0v) is 15.0. The molecule has 0 saturated carbocycles. The molecule has 0 spiro atoms. The zero-order chi connectivity index (χ0) is 18.3. The van der Waals surface area contributed by atoms with Gasteiger partial charge in [-0.1, -0.05) is 29.8 Å². The van der Waals surface area contributed by atoms with Crippen molar-refractivity contribution in [3.8, 4) is 11.1 Å². The summed E-state index contributed by atoms with van der Waals surface area (Å²) in [6, 6.07) is 11.2. The summed E-state index contributed by atoms with van der Waals surface area (Å²) >= 11 is 6.37. The minimum atomic E-state index is -0.381. The summed E-state index contributed by atoms with van der Waals surface area (Å²) in [5.74, 6) is -0.743. The van der Waals surface area contributed by atoms with E-state index in [1.807, 2.05) is 36.5 Å². The van der Waals surface area contributed by atoms with E-state index >= 15 is 0 Å². The molecule has 1 N–H and O–H groups in total. The van der Waals surface area contributed by atoms with Crippen molar-refractivity contribution < 1.29 is 14.3 Å². The van der Waals surface area contributed by atoms with Crippen LogP contribution < -0.4 is 5.32 Å². The third-order valence-electron chi connectivity index (χ3n) is 4.67. The molecular weight excluding hydrogens is 352 g/mol. The van der Waals surface area contributed by atoms with Gasteiger partial charge in [0.15, 0.2) is 0 Å². The maximum Gasteiger partial charge on any atom is 0.259 e. The number of aryl methyl sites for hydroxylation is 1. The smallest absolute Gasteiger partial charge is 0.259 e. The number of ether oxygens (including phenoxy) is 1. The minimum absolute atomic E-state index is 0.362. The van der Waals surface area contributed by atoms with Crippen LogP contribution in [0.3, 0.4) is 0 Å². The van der Waals surface area contributed by atoms with Crippen LogP contribution in [0, 0.1) is 0 Å². The topological polar surface area (TPSA) is 60.3 Å². The molecule has 0 bridgehead atoms. The van der Waals surface area contributed by atoms with E-state index in [0.29, 0.717) is 28.3 Å². The number of amides is 2. The molecule has 2 aromatic carbocycles. The molecule has 2 heterocycles. The Hall–Kier alpha value is -2.63. The first-order valence-corrected chi connectivity index (χ1v) is 8.75. The lowest BCUT2D eigenvalue weighted by atomic mass is 9.94. The summed E-state index contributed by atoms with van der Waals surface area (Å²) in [6.07, 6.45) is 2.79. The number of hydrogen-bond acceptors (Lipinski definition) is 3. The Morgan fingerprint density at radius 3 is 2.62 bits per heavy atom. The number of hydrogen-bond donors (Lipinski definition) is 1. The molecule has 0 saturated heterocycles. The molecule has 26 heavy (non-hydrogen) atoms. The lowest BCUT2D eigenvalue weighted by Gasteiger charge is -2.12. The molecule has 1 aromatic heterocycles. The molecule has 5 nitrogen and oxygen atoms in total. The number of carbonyl (C=O) groups is 2. The maximum absolute atomic E-state index is 12.4. The highest BCUT2D eigenvalue weighted by Crippen LogP contribution is 2.38. The largest absolute Gasteiger partial charge is 0.385 e. The van der Waals surface area contributed by atoms with Crippen LogP contribution in [0.4, 0.5) is 0 Å². The Kier molecular flexibility index (Phi) is 4.26. The van der Waals surface area contributed by atoms with Gasteiger partial charge in [-0.15, -0.1) is 0 Å². The molecule has 0 atom stereocenters. The minimum Gasteiger partial charge on any atom is -0.385 e. The third-order valence-corrected chi connectivity index (χ3v) is 5.00. The van der Waals surface area contributed by atoms with Crippen molar-refractivity contribution in [2.45, 2.75) is 13.0 Å². The monoisotopic (exact) mass is 368 g/mol. The number of nitrogens with one attached hydrogen (secondary N) is 1. The number of halogens is 1. The van der Waals surface area contributed by atoms with Crippen LogP contribution in [0.1, 0.15) is 27.1 Å². The van der Waals surface area contributed by atoms with Crippen LogP contribution in [0.5, 0.6) is 0 Å². The number of rotatable bonds is 5. The lowest BCUT2D eigenvalue weighted by molar-refractivity contribution is 0.0880. The summed E-state index contributed by atoms with van der Waals surface area (Å²) in [6.45, 7) is 1.41. The highest BCUT2D eigenvalue weighted by Gasteiger charge is 2.33. The first kappa shape index (κ1) is 16.8. The Balaban J connectivity index is 1.98. The molecule has 0 radical (unpaired) electrons. The number of carbonyl (C=O) groups excluding carboxylic acids is 2. The Bertz CT molecular complexity index is 1040. The third kappa shape index (κ3) is 2.60. The molecule has 3 aromatic rings. The average molecular weight is 369 g/mol. The standard InChI is InChI=1S/C20H17ClN2O3/c1-26-10-4-8-23-9-7-13-16(23)11-14(12-5-2-3-6-15(12)21)18-17(13)19(24)22-20(18)25/h2-3,5-7,9,11H,4,8,10H2,1H3,(H,22,24,25). The van der Waals surface area contributed by atoms with Gasteiger partial charge in [0.1, 0.15) is 0 Å². The highest BCUT2D eigenvalue weighted by atomic mass is 35.5. The first-order valence-electron chi connectivity index (χ1n) is 8.37. The summed E-state index contributed by atoms with van der Waals surface area (Å²) in [4.78, 5) is 24.9. The van der Waals surface area contributed by atoms with Crippen molar-refractivity contribution in [3.63, 3.8) is 0 Å². The number of nitrogens with zero attached hydrogens (tertiary/aromatic N) is 1. The Morgan fingerprint density at radius 1 is 1.08 bits per heavy atom. The van der Waals surface area contributed by atoms with Gasteiger partial charge in [-0.05, 0) is 30.2 Å². The van der Waals surface area contributed by atoms with Crippen LogP contribution in [-0.4, -0.2) is 30.1 Å². The van der Waals surface area contributed by atoms with Gasteiger partial charge in [-0.3, -0.25) is 14.9 Å². The molecule has 6 heteroatoms. The van der Waals surface area contributed by atoms with E-state index in [0.717, 1.165) is 29.4 Å². The number of benzene rings is 2. The Morgan fingerprint density at radius 2 is 1.85 bits per heavy atom. The van der Waals surface area contributed by atoms with Crippen molar-refractivity contribution in [2.24, 2.45) is 0 Å². The summed E-state index contributed by atoms with van der Waals surface area (Å²) in [7, 11) is 1.67. The van der Waals surface area contributed by atoms with Gasteiger partial charge in [0.25, 0.3) is 11.8 Å². The van der Waals surface area contributed by atoms with E-state index in [1.165, 1.54) is 0 Å². The van der Waals surface area contributed by atoms with Gasteiger partial charge in [0.05, 0.1) is 11.1 Å². The van der Waals surface area contributed by atoms with E-state index in [-0.39, 0.29) is 11.8 Å². The summed E-state index contributed by atoms with van der Waals surface area (Å²) in [5, 5.41) is 3.73. The van der Waals surface area contributed by atoms with Crippen LogP contribution in [-0.2, 0) is 11.3 Å².